The number of anilines is 1. The Morgan fingerprint density at radius 3 is 2.45 bits per heavy atom. The summed E-state index contributed by atoms with van der Waals surface area (Å²) in [5, 5.41) is 2.73. The molecule has 7 heteroatoms. The first kappa shape index (κ1) is 20.7. The number of carbonyl (C=O) groups excluding carboxylic acids is 2. The minimum atomic E-state index is -0.404. The van der Waals surface area contributed by atoms with E-state index < -0.39 is 11.9 Å². The fraction of sp³-hybridized carbons (Fsp3) is 0.182. The number of benzene rings is 2. The lowest BCUT2D eigenvalue weighted by Gasteiger charge is -2.08. The summed E-state index contributed by atoms with van der Waals surface area (Å²) in [6, 6.07) is 17.2. The molecule has 0 saturated heterocycles. The molecule has 0 fully saturated rings. The average molecular weight is 458 g/mol. The van der Waals surface area contributed by atoms with Crippen LogP contribution in [-0.4, -0.2) is 18.0 Å². The van der Waals surface area contributed by atoms with Crippen LogP contribution in [0.5, 0.6) is 5.75 Å². The molecule has 2 aromatic carbocycles. The summed E-state index contributed by atoms with van der Waals surface area (Å²) in [5.41, 5.74) is 0.958. The van der Waals surface area contributed by atoms with Crippen LogP contribution >= 0.6 is 15.9 Å². The number of para-hydroxylation sites is 1. The molecule has 3 aromatic rings. The number of rotatable bonds is 7. The third-order valence-corrected chi connectivity index (χ3v) is 4.47. The molecule has 150 valence electrons. The van der Waals surface area contributed by atoms with Crippen molar-refractivity contribution >= 4 is 33.5 Å². The Morgan fingerprint density at radius 2 is 1.76 bits per heavy atom. The van der Waals surface area contributed by atoms with E-state index in [0.29, 0.717) is 22.8 Å². The van der Waals surface area contributed by atoms with Gasteiger partial charge in [0, 0.05) is 5.69 Å². The normalized spacial score (nSPS) is 10.6. The number of hydrogen-bond donors (Lipinski definition) is 1. The van der Waals surface area contributed by atoms with Crippen molar-refractivity contribution in [2.75, 3.05) is 5.32 Å². The minimum Gasteiger partial charge on any atom is -0.484 e. The summed E-state index contributed by atoms with van der Waals surface area (Å²) in [7, 11) is 0. The third kappa shape index (κ3) is 5.71. The maximum absolute atomic E-state index is 12.4. The summed E-state index contributed by atoms with van der Waals surface area (Å²) in [6.45, 7) is 3.77. The van der Waals surface area contributed by atoms with Crippen molar-refractivity contribution in [1.82, 2.24) is 0 Å². The third-order valence-electron chi connectivity index (χ3n) is 3.81. The number of carbonyl (C=O) groups is 2. The molecule has 0 spiro atoms. The predicted molar refractivity (Wildman–Crippen MR) is 112 cm³/mol. The van der Waals surface area contributed by atoms with Gasteiger partial charge in [0.25, 0.3) is 5.91 Å². The molecule has 0 saturated carbocycles. The van der Waals surface area contributed by atoms with Gasteiger partial charge >= 0.3 is 5.97 Å². The number of ether oxygens (including phenoxy) is 2. The first-order valence-corrected chi connectivity index (χ1v) is 9.80. The van der Waals surface area contributed by atoms with E-state index in [1.807, 2.05) is 24.3 Å². The van der Waals surface area contributed by atoms with Crippen molar-refractivity contribution in [3.63, 3.8) is 0 Å². The summed E-state index contributed by atoms with van der Waals surface area (Å²) in [6.07, 6.45) is -0.193. The Morgan fingerprint density at radius 1 is 1.03 bits per heavy atom. The van der Waals surface area contributed by atoms with E-state index in [-0.39, 0.29) is 18.5 Å². The first-order chi connectivity index (χ1) is 13.9. The molecule has 1 aromatic heterocycles. The van der Waals surface area contributed by atoms with Crippen LogP contribution in [0.2, 0.25) is 0 Å². The lowest BCUT2D eigenvalue weighted by molar-refractivity contribution is 0.0378. The summed E-state index contributed by atoms with van der Waals surface area (Å²) >= 11 is 3.41. The second-order valence-electron chi connectivity index (χ2n) is 6.47. The second kappa shape index (κ2) is 9.43. The van der Waals surface area contributed by atoms with Crippen LogP contribution in [0.15, 0.2) is 69.6 Å². The first-order valence-electron chi connectivity index (χ1n) is 9.01. The van der Waals surface area contributed by atoms with Gasteiger partial charge in [0.05, 0.1) is 16.1 Å². The van der Waals surface area contributed by atoms with E-state index in [1.165, 1.54) is 0 Å². The summed E-state index contributed by atoms with van der Waals surface area (Å²) < 4.78 is 17.2. The van der Waals surface area contributed by atoms with Gasteiger partial charge in [-0.15, -0.1) is 0 Å². The number of esters is 1. The van der Waals surface area contributed by atoms with Gasteiger partial charge in [0.1, 0.15) is 18.1 Å². The Kier molecular flexibility index (Phi) is 6.72. The molecule has 0 aliphatic carbocycles. The fourth-order valence-electron chi connectivity index (χ4n) is 2.45. The van der Waals surface area contributed by atoms with E-state index in [2.05, 4.69) is 21.2 Å². The lowest BCUT2D eigenvalue weighted by atomic mass is 10.2. The average Bonchev–Trinajstić information content (AvgIpc) is 3.16. The smallest absolute Gasteiger partial charge is 0.338 e. The van der Waals surface area contributed by atoms with Crippen LogP contribution in [0.25, 0.3) is 0 Å². The zero-order chi connectivity index (χ0) is 20.8. The summed E-state index contributed by atoms with van der Waals surface area (Å²) in [5.74, 6) is 0.580. The highest BCUT2D eigenvalue weighted by atomic mass is 79.9. The molecule has 1 amide bonds. The molecule has 0 atom stereocenters. The van der Waals surface area contributed by atoms with Gasteiger partial charge in [-0.1, -0.05) is 12.1 Å². The zero-order valence-corrected chi connectivity index (χ0v) is 17.6. The van der Waals surface area contributed by atoms with E-state index >= 15 is 0 Å². The van der Waals surface area contributed by atoms with Gasteiger partial charge in [0.2, 0.25) is 0 Å². The molecular weight excluding hydrogens is 438 g/mol. The maximum atomic E-state index is 12.4. The molecular formula is C22H20BrNO5. The van der Waals surface area contributed by atoms with Crippen LogP contribution in [-0.2, 0) is 11.3 Å². The van der Waals surface area contributed by atoms with Gasteiger partial charge in [-0.25, -0.2) is 4.79 Å². The molecule has 0 aliphatic heterocycles. The standard InChI is InChI=1S/C22H20BrNO5/c1-14(2)28-22(26)15-7-9-16(10-8-15)24-21(25)20-12-11-17(29-20)13-27-19-6-4-3-5-18(19)23/h3-12,14H,13H2,1-2H3,(H,24,25). The van der Waals surface area contributed by atoms with E-state index in [0.717, 1.165) is 4.47 Å². The van der Waals surface area contributed by atoms with Crippen molar-refractivity contribution in [2.45, 2.75) is 26.6 Å². The largest absolute Gasteiger partial charge is 0.484 e. The van der Waals surface area contributed by atoms with Crippen molar-refractivity contribution < 1.29 is 23.5 Å². The van der Waals surface area contributed by atoms with Crippen LogP contribution in [0.1, 0.15) is 40.5 Å². The fourth-order valence-corrected chi connectivity index (χ4v) is 2.85. The van der Waals surface area contributed by atoms with Crippen LogP contribution in [0.4, 0.5) is 5.69 Å². The summed E-state index contributed by atoms with van der Waals surface area (Å²) in [4.78, 5) is 24.2. The Bertz CT molecular complexity index is 994. The number of nitrogens with one attached hydrogen (secondary N) is 1. The number of furan rings is 1. The lowest BCUT2D eigenvalue weighted by Crippen LogP contribution is -2.13. The molecule has 0 radical (unpaired) electrons. The van der Waals surface area contributed by atoms with E-state index in [4.69, 9.17) is 13.9 Å². The Balaban J connectivity index is 1.57. The van der Waals surface area contributed by atoms with E-state index in [1.54, 1.807) is 50.2 Å². The molecule has 1 N–H and O–H groups in total. The van der Waals surface area contributed by atoms with Gasteiger partial charge in [-0.05, 0) is 78.3 Å². The van der Waals surface area contributed by atoms with Crippen molar-refractivity contribution in [2.24, 2.45) is 0 Å². The molecule has 6 nitrogen and oxygen atoms in total. The molecule has 3 rings (SSSR count). The molecule has 29 heavy (non-hydrogen) atoms. The van der Waals surface area contributed by atoms with Crippen LogP contribution in [0.3, 0.4) is 0 Å². The molecule has 0 bridgehead atoms. The quantitative estimate of drug-likeness (QED) is 0.478. The van der Waals surface area contributed by atoms with Crippen LogP contribution < -0.4 is 10.1 Å². The zero-order valence-electron chi connectivity index (χ0n) is 16.0. The highest BCUT2D eigenvalue weighted by Crippen LogP contribution is 2.25. The molecule has 0 aliphatic rings. The highest BCUT2D eigenvalue weighted by Gasteiger charge is 2.14. The number of hydrogen-bond acceptors (Lipinski definition) is 5. The van der Waals surface area contributed by atoms with E-state index in [9.17, 15) is 9.59 Å². The second-order valence-corrected chi connectivity index (χ2v) is 7.32. The van der Waals surface area contributed by atoms with Crippen molar-refractivity contribution in [3.05, 3.63) is 82.2 Å². The number of amides is 1. The van der Waals surface area contributed by atoms with Crippen molar-refractivity contribution in [3.8, 4) is 5.75 Å². The van der Waals surface area contributed by atoms with Gasteiger partial charge < -0.3 is 19.2 Å². The topological polar surface area (TPSA) is 77.8 Å². The molecule has 0 unspecified atom stereocenters. The number of halogens is 1. The highest BCUT2D eigenvalue weighted by molar-refractivity contribution is 9.10. The van der Waals surface area contributed by atoms with Gasteiger partial charge in [0.15, 0.2) is 5.76 Å². The maximum Gasteiger partial charge on any atom is 0.338 e. The monoisotopic (exact) mass is 457 g/mol. The Labute approximate surface area is 176 Å². The molecule has 1 heterocycles. The SMILES string of the molecule is CC(C)OC(=O)c1ccc(NC(=O)c2ccc(COc3ccccc3Br)o2)cc1. The minimum absolute atomic E-state index is 0.166. The van der Waals surface area contributed by atoms with Gasteiger partial charge in [-0.3, -0.25) is 4.79 Å². The Hall–Kier alpha value is -3.06. The van der Waals surface area contributed by atoms with Crippen LogP contribution in [0, 0.1) is 0 Å². The predicted octanol–water partition coefficient (Wildman–Crippen LogP) is 5.44. The van der Waals surface area contributed by atoms with Gasteiger partial charge in [-0.2, -0.15) is 0 Å². The van der Waals surface area contributed by atoms with Crippen molar-refractivity contribution in [1.29, 1.82) is 0 Å².